The lowest BCUT2D eigenvalue weighted by Crippen LogP contribution is -2.29. The molecule has 2 aromatic rings. The summed E-state index contributed by atoms with van der Waals surface area (Å²) in [6.07, 6.45) is -5.83. The van der Waals surface area contributed by atoms with E-state index >= 15 is 0 Å². The van der Waals surface area contributed by atoms with E-state index in [1.165, 1.54) is 14.2 Å². The molecule has 0 aliphatic heterocycles. The Morgan fingerprint density at radius 1 is 1.17 bits per heavy atom. The van der Waals surface area contributed by atoms with Gasteiger partial charge in [-0.25, -0.2) is 0 Å². The second-order valence-corrected chi connectivity index (χ2v) is 5.83. The molecule has 0 heterocycles. The fraction of sp³-hybridized carbons (Fsp3) is 0.278. The zero-order valence-electron chi connectivity index (χ0n) is 15.3. The highest BCUT2D eigenvalue weighted by atomic mass is 19.4. The summed E-state index contributed by atoms with van der Waals surface area (Å²) < 4.78 is 47.8. The molecule has 2 aromatic carbocycles. The summed E-state index contributed by atoms with van der Waals surface area (Å²) >= 11 is 0. The Morgan fingerprint density at radius 3 is 2.21 bits per heavy atom. The second kappa shape index (κ2) is 8.78. The normalized spacial score (nSPS) is 12.2. The zero-order valence-corrected chi connectivity index (χ0v) is 15.3. The van der Waals surface area contributed by atoms with Gasteiger partial charge in [0.25, 0.3) is 11.6 Å². The number of methoxy groups -OCH3 is 2. The molecule has 1 atom stereocenters. The Kier molecular flexibility index (Phi) is 6.64. The maximum absolute atomic E-state index is 12.6. The number of carbonyl (C=O) groups excluding carboxylic acids is 1. The first-order chi connectivity index (χ1) is 13.6. The summed E-state index contributed by atoms with van der Waals surface area (Å²) in [5, 5.41) is 23.7. The van der Waals surface area contributed by atoms with E-state index < -0.39 is 34.4 Å². The number of benzene rings is 2. The van der Waals surface area contributed by atoms with Gasteiger partial charge in [-0.1, -0.05) is 12.1 Å². The Hall–Kier alpha value is -3.34. The molecule has 0 saturated heterocycles. The van der Waals surface area contributed by atoms with Crippen molar-refractivity contribution in [3.63, 3.8) is 0 Å². The number of nitrogens with one attached hydrogen (secondary N) is 1. The van der Waals surface area contributed by atoms with Gasteiger partial charge in [0.2, 0.25) is 0 Å². The number of ether oxygens (including phenoxy) is 2. The molecule has 0 radical (unpaired) electrons. The molecule has 2 rings (SSSR count). The summed E-state index contributed by atoms with van der Waals surface area (Å²) in [5.74, 6) is -0.726. The smallest absolute Gasteiger partial charge is 0.416 e. The third kappa shape index (κ3) is 5.13. The van der Waals surface area contributed by atoms with Crippen molar-refractivity contribution < 1.29 is 37.5 Å². The molecule has 1 amide bonds. The number of alkyl halides is 3. The predicted molar refractivity (Wildman–Crippen MR) is 94.9 cm³/mol. The molecule has 0 aliphatic carbocycles. The van der Waals surface area contributed by atoms with E-state index in [9.17, 15) is 33.2 Å². The minimum Gasteiger partial charge on any atom is -0.493 e. The largest absolute Gasteiger partial charge is 0.493 e. The number of hydrogen-bond donors (Lipinski definition) is 2. The Balaban J connectivity index is 2.17. The van der Waals surface area contributed by atoms with Crippen molar-refractivity contribution in [3.8, 4) is 11.5 Å². The Bertz CT molecular complexity index is 900. The molecule has 0 saturated carbocycles. The van der Waals surface area contributed by atoms with Crippen LogP contribution < -0.4 is 14.8 Å². The first-order valence-corrected chi connectivity index (χ1v) is 8.12. The number of hydrogen-bond acceptors (Lipinski definition) is 6. The topological polar surface area (TPSA) is 111 Å². The first-order valence-electron chi connectivity index (χ1n) is 8.12. The number of carbonyl (C=O) groups is 1. The van der Waals surface area contributed by atoms with E-state index in [0.29, 0.717) is 0 Å². The van der Waals surface area contributed by atoms with Gasteiger partial charge in [-0.3, -0.25) is 14.9 Å². The quantitative estimate of drug-likeness (QED) is 0.532. The summed E-state index contributed by atoms with van der Waals surface area (Å²) in [5.41, 5.74) is -1.60. The van der Waals surface area contributed by atoms with E-state index in [-0.39, 0.29) is 29.2 Å². The van der Waals surface area contributed by atoms with Gasteiger partial charge in [0, 0.05) is 12.6 Å². The molecule has 0 spiro atoms. The lowest BCUT2D eigenvalue weighted by Gasteiger charge is -2.14. The maximum atomic E-state index is 12.6. The van der Waals surface area contributed by atoms with Crippen molar-refractivity contribution in [2.75, 3.05) is 20.8 Å². The highest BCUT2D eigenvalue weighted by Crippen LogP contribution is 2.34. The van der Waals surface area contributed by atoms with Crippen molar-refractivity contribution in [1.82, 2.24) is 5.32 Å². The fourth-order valence-corrected chi connectivity index (χ4v) is 2.50. The van der Waals surface area contributed by atoms with Gasteiger partial charge in [0.15, 0.2) is 11.5 Å². The number of amides is 1. The van der Waals surface area contributed by atoms with Gasteiger partial charge < -0.3 is 19.9 Å². The van der Waals surface area contributed by atoms with Crippen LogP contribution in [0, 0.1) is 10.1 Å². The Morgan fingerprint density at radius 2 is 1.72 bits per heavy atom. The number of halogens is 3. The average Bonchev–Trinajstić information content (AvgIpc) is 2.69. The molecule has 0 aromatic heterocycles. The number of aliphatic hydroxyl groups is 1. The molecule has 156 valence electrons. The first kappa shape index (κ1) is 22.0. The fourth-order valence-electron chi connectivity index (χ4n) is 2.50. The van der Waals surface area contributed by atoms with Crippen molar-refractivity contribution in [2.24, 2.45) is 0 Å². The Labute approximate surface area is 163 Å². The molecule has 0 fully saturated rings. The van der Waals surface area contributed by atoms with Crippen LogP contribution >= 0.6 is 0 Å². The van der Waals surface area contributed by atoms with Crippen LogP contribution in [0.25, 0.3) is 0 Å². The highest BCUT2D eigenvalue weighted by molar-refractivity contribution is 5.99. The van der Waals surface area contributed by atoms with Crippen molar-refractivity contribution in [1.29, 1.82) is 0 Å². The van der Waals surface area contributed by atoms with E-state index in [1.54, 1.807) is 0 Å². The van der Waals surface area contributed by atoms with Gasteiger partial charge in [-0.05, 0) is 17.7 Å². The van der Waals surface area contributed by atoms with E-state index in [0.717, 1.165) is 36.4 Å². The third-order valence-corrected chi connectivity index (χ3v) is 4.02. The molecular weight excluding hydrogens is 397 g/mol. The summed E-state index contributed by atoms with van der Waals surface area (Å²) in [6, 6.07) is 5.92. The minimum absolute atomic E-state index is 0.0561. The van der Waals surface area contributed by atoms with Crippen LogP contribution in [0.2, 0.25) is 0 Å². The molecule has 8 nitrogen and oxygen atoms in total. The molecule has 2 N–H and O–H groups in total. The molecule has 0 aliphatic rings. The van der Waals surface area contributed by atoms with Gasteiger partial charge in [0.05, 0.1) is 36.9 Å². The molecule has 0 bridgehead atoms. The van der Waals surface area contributed by atoms with Crippen LogP contribution in [0.1, 0.15) is 27.6 Å². The number of nitro groups is 1. The van der Waals surface area contributed by atoms with E-state index in [1.807, 2.05) is 0 Å². The lowest BCUT2D eigenvalue weighted by atomic mass is 10.1. The molecule has 29 heavy (non-hydrogen) atoms. The van der Waals surface area contributed by atoms with Gasteiger partial charge in [-0.15, -0.1) is 0 Å². The number of nitro benzene ring substituents is 1. The lowest BCUT2D eigenvalue weighted by molar-refractivity contribution is -0.385. The van der Waals surface area contributed by atoms with Crippen LogP contribution in [0.4, 0.5) is 18.9 Å². The SMILES string of the molecule is COc1cc(C(=O)NCC(O)c2ccc(C(F)(F)F)cc2)c([N+](=O)[O-])cc1OC. The molecule has 11 heteroatoms. The predicted octanol–water partition coefficient (Wildman–Crippen LogP) is 3.09. The van der Waals surface area contributed by atoms with Crippen molar-refractivity contribution >= 4 is 11.6 Å². The standard InChI is InChI=1S/C18H17F3N2O6/c1-28-15-7-12(13(23(26)27)8-16(15)29-2)17(25)22-9-14(24)10-3-5-11(6-4-10)18(19,20)21/h3-8,14,24H,9H2,1-2H3,(H,22,25). The number of aliphatic hydroxyl groups excluding tert-OH is 1. The summed E-state index contributed by atoms with van der Waals surface area (Å²) in [7, 11) is 2.57. The van der Waals surface area contributed by atoms with Crippen molar-refractivity contribution in [3.05, 3.63) is 63.2 Å². The van der Waals surface area contributed by atoms with Crippen LogP contribution in [0.15, 0.2) is 36.4 Å². The van der Waals surface area contributed by atoms with Gasteiger partial charge in [-0.2, -0.15) is 13.2 Å². The number of rotatable bonds is 7. The van der Waals surface area contributed by atoms with Crippen LogP contribution in [0.3, 0.4) is 0 Å². The summed E-state index contributed by atoms with van der Waals surface area (Å²) in [4.78, 5) is 22.9. The zero-order chi connectivity index (χ0) is 21.8. The third-order valence-electron chi connectivity index (χ3n) is 4.02. The van der Waals surface area contributed by atoms with Crippen molar-refractivity contribution in [2.45, 2.75) is 12.3 Å². The molecular formula is C18H17F3N2O6. The monoisotopic (exact) mass is 414 g/mol. The van der Waals surface area contributed by atoms with Crippen LogP contribution in [0.5, 0.6) is 11.5 Å². The van der Waals surface area contributed by atoms with Crippen LogP contribution in [-0.4, -0.2) is 36.7 Å². The molecule has 1 unspecified atom stereocenters. The van der Waals surface area contributed by atoms with E-state index in [4.69, 9.17) is 9.47 Å². The maximum Gasteiger partial charge on any atom is 0.416 e. The minimum atomic E-state index is -4.51. The average molecular weight is 414 g/mol. The number of nitrogens with zero attached hydrogens (tertiary/aromatic N) is 1. The highest BCUT2D eigenvalue weighted by Gasteiger charge is 2.30. The van der Waals surface area contributed by atoms with Crippen LogP contribution in [-0.2, 0) is 6.18 Å². The van der Waals surface area contributed by atoms with E-state index in [2.05, 4.69) is 5.32 Å². The van der Waals surface area contributed by atoms with Gasteiger partial charge in [0.1, 0.15) is 5.56 Å². The summed E-state index contributed by atoms with van der Waals surface area (Å²) in [6.45, 7) is -0.379. The van der Waals surface area contributed by atoms with Gasteiger partial charge >= 0.3 is 6.18 Å². The second-order valence-electron chi connectivity index (χ2n) is 5.83.